The molecule has 4 nitrogen and oxygen atoms in total. The largest absolute Gasteiger partial charge is 0.303 e. The number of rotatable bonds is 2. The summed E-state index contributed by atoms with van der Waals surface area (Å²) < 4.78 is 0. The third-order valence-electron chi connectivity index (χ3n) is 3.39. The van der Waals surface area contributed by atoms with Gasteiger partial charge in [0, 0.05) is 24.8 Å². The van der Waals surface area contributed by atoms with Gasteiger partial charge in [-0.2, -0.15) is 0 Å². The van der Waals surface area contributed by atoms with E-state index in [1.165, 1.54) is 4.90 Å². The molecule has 2 fully saturated rings. The highest BCUT2D eigenvalue weighted by molar-refractivity contribution is 6.02. The Morgan fingerprint density at radius 3 is 2.00 bits per heavy atom. The zero-order chi connectivity index (χ0) is 10.8. The summed E-state index contributed by atoms with van der Waals surface area (Å²) in [7, 11) is 0. The summed E-state index contributed by atoms with van der Waals surface area (Å²) in [4.78, 5) is 34.9. The molecule has 0 unspecified atom stereocenters. The monoisotopic (exact) mass is 209 g/mol. The summed E-state index contributed by atoms with van der Waals surface area (Å²) in [6, 6.07) is 0.0590. The Labute approximate surface area is 88.6 Å². The van der Waals surface area contributed by atoms with Gasteiger partial charge in [-0.3, -0.25) is 14.5 Å². The molecule has 0 atom stereocenters. The number of carbonyl (C=O) groups excluding carboxylic acids is 3. The van der Waals surface area contributed by atoms with Gasteiger partial charge in [-0.05, 0) is 25.7 Å². The van der Waals surface area contributed by atoms with Crippen molar-refractivity contribution in [2.24, 2.45) is 5.92 Å². The fourth-order valence-electron chi connectivity index (χ4n) is 2.50. The van der Waals surface area contributed by atoms with Gasteiger partial charge in [0.15, 0.2) is 0 Å². The molecule has 2 amide bonds. The smallest absolute Gasteiger partial charge is 0.229 e. The molecule has 15 heavy (non-hydrogen) atoms. The van der Waals surface area contributed by atoms with Gasteiger partial charge in [-0.1, -0.05) is 0 Å². The number of hydrogen-bond acceptors (Lipinski definition) is 3. The molecular formula is C11H15NO3. The Bertz CT molecular complexity index is 276. The highest BCUT2D eigenvalue weighted by Crippen LogP contribution is 2.29. The number of hydrogen-bond donors (Lipinski definition) is 0. The maximum atomic E-state index is 11.5. The van der Waals surface area contributed by atoms with Gasteiger partial charge in [0.2, 0.25) is 11.8 Å². The third-order valence-corrected chi connectivity index (χ3v) is 3.39. The molecule has 1 saturated heterocycles. The van der Waals surface area contributed by atoms with Gasteiger partial charge < -0.3 is 4.79 Å². The first-order chi connectivity index (χ1) is 7.22. The second kappa shape index (κ2) is 4.13. The summed E-state index contributed by atoms with van der Waals surface area (Å²) in [5.41, 5.74) is 0. The molecule has 82 valence electrons. The summed E-state index contributed by atoms with van der Waals surface area (Å²) in [6.07, 6.45) is 4.93. The highest BCUT2D eigenvalue weighted by Gasteiger charge is 2.36. The minimum atomic E-state index is -0.0328. The van der Waals surface area contributed by atoms with Crippen molar-refractivity contribution in [1.82, 2.24) is 4.90 Å². The molecule has 2 aliphatic rings. The molecule has 1 saturated carbocycles. The Morgan fingerprint density at radius 2 is 1.53 bits per heavy atom. The maximum absolute atomic E-state index is 11.5. The van der Waals surface area contributed by atoms with E-state index in [4.69, 9.17) is 0 Å². The number of likely N-dealkylation sites (tertiary alicyclic amines) is 1. The molecule has 1 aliphatic carbocycles. The number of imide groups is 1. The van der Waals surface area contributed by atoms with Crippen molar-refractivity contribution in [3.63, 3.8) is 0 Å². The van der Waals surface area contributed by atoms with Crippen LogP contribution in [-0.4, -0.2) is 29.0 Å². The van der Waals surface area contributed by atoms with Crippen LogP contribution >= 0.6 is 0 Å². The highest BCUT2D eigenvalue weighted by atomic mass is 16.2. The van der Waals surface area contributed by atoms with E-state index in [9.17, 15) is 14.4 Å². The number of amides is 2. The van der Waals surface area contributed by atoms with Crippen molar-refractivity contribution in [2.45, 2.75) is 44.6 Å². The first-order valence-electron chi connectivity index (χ1n) is 5.52. The lowest BCUT2D eigenvalue weighted by Gasteiger charge is -2.31. The van der Waals surface area contributed by atoms with E-state index in [-0.39, 0.29) is 23.8 Å². The fraction of sp³-hybridized carbons (Fsp3) is 0.727. The molecule has 4 heteroatoms. The minimum absolute atomic E-state index is 0.0328. The van der Waals surface area contributed by atoms with Gasteiger partial charge in [0.25, 0.3) is 0 Å². The van der Waals surface area contributed by atoms with Gasteiger partial charge in [0.1, 0.15) is 6.29 Å². The molecule has 0 N–H and O–H groups in total. The number of nitrogens with zero attached hydrogens (tertiary/aromatic N) is 1. The zero-order valence-electron chi connectivity index (χ0n) is 8.65. The molecule has 1 aliphatic heterocycles. The average molecular weight is 209 g/mol. The van der Waals surface area contributed by atoms with E-state index >= 15 is 0 Å². The summed E-state index contributed by atoms with van der Waals surface area (Å²) in [5.74, 6) is 0.0677. The molecule has 0 radical (unpaired) electrons. The molecule has 0 aromatic heterocycles. The quantitative estimate of drug-likeness (QED) is 0.501. The van der Waals surface area contributed by atoms with Crippen LogP contribution in [0.2, 0.25) is 0 Å². The van der Waals surface area contributed by atoms with Crippen LogP contribution in [-0.2, 0) is 14.4 Å². The summed E-state index contributed by atoms with van der Waals surface area (Å²) in [5, 5.41) is 0. The Kier molecular flexibility index (Phi) is 2.84. The van der Waals surface area contributed by atoms with E-state index in [2.05, 4.69) is 0 Å². The SMILES string of the molecule is O=CC1CCC(N2C(=O)CCC2=O)CC1. The third kappa shape index (κ3) is 1.94. The van der Waals surface area contributed by atoms with Gasteiger partial charge in [-0.15, -0.1) is 0 Å². The topological polar surface area (TPSA) is 54.5 Å². The van der Waals surface area contributed by atoms with Crippen molar-refractivity contribution in [3.05, 3.63) is 0 Å². The Balaban J connectivity index is 1.98. The average Bonchev–Trinajstić information content (AvgIpc) is 2.59. The predicted octanol–water partition coefficient (Wildman–Crippen LogP) is 0.893. The second-order valence-electron chi connectivity index (χ2n) is 4.36. The van der Waals surface area contributed by atoms with Crippen molar-refractivity contribution in [3.8, 4) is 0 Å². The lowest BCUT2D eigenvalue weighted by atomic mass is 9.86. The van der Waals surface area contributed by atoms with Crippen LogP contribution in [0.25, 0.3) is 0 Å². The molecule has 2 rings (SSSR count). The van der Waals surface area contributed by atoms with Crippen molar-refractivity contribution < 1.29 is 14.4 Å². The summed E-state index contributed by atoms with van der Waals surface area (Å²) >= 11 is 0. The maximum Gasteiger partial charge on any atom is 0.229 e. The molecule has 0 bridgehead atoms. The molecule has 1 heterocycles. The van der Waals surface area contributed by atoms with E-state index in [1.807, 2.05) is 0 Å². The van der Waals surface area contributed by atoms with Gasteiger partial charge in [0.05, 0.1) is 0 Å². The van der Waals surface area contributed by atoms with Gasteiger partial charge in [-0.25, -0.2) is 0 Å². The molecule has 0 aromatic rings. The van der Waals surface area contributed by atoms with Crippen LogP contribution in [0.1, 0.15) is 38.5 Å². The summed E-state index contributed by atoms with van der Waals surface area (Å²) in [6.45, 7) is 0. The Hall–Kier alpha value is -1.19. The molecule has 0 spiro atoms. The van der Waals surface area contributed by atoms with Crippen LogP contribution in [0.4, 0.5) is 0 Å². The zero-order valence-corrected chi connectivity index (χ0v) is 8.65. The molecular weight excluding hydrogens is 194 g/mol. The number of aldehydes is 1. The normalized spacial score (nSPS) is 32.1. The van der Waals surface area contributed by atoms with Crippen molar-refractivity contribution in [1.29, 1.82) is 0 Å². The fourth-order valence-corrected chi connectivity index (χ4v) is 2.50. The van der Waals surface area contributed by atoms with Crippen LogP contribution in [0.3, 0.4) is 0 Å². The lowest BCUT2D eigenvalue weighted by Crippen LogP contribution is -2.41. The molecule has 0 aromatic carbocycles. The number of carbonyl (C=O) groups is 3. The van der Waals surface area contributed by atoms with E-state index in [1.54, 1.807) is 0 Å². The second-order valence-corrected chi connectivity index (χ2v) is 4.36. The first-order valence-corrected chi connectivity index (χ1v) is 5.52. The van der Waals surface area contributed by atoms with E-state index < -0.39 is 0 Å². The van der Waals surface area contributed by atoms with Crippen LogP contribution in [0.5, 0.6) is 0 Å². The van der Waals surface area contributed by atoms with E-state index in [0.717, 1.165) is 32.0 Å². The van der Waals surface area contributed by atoms with Crippen molar-refractivity contribution >= 4 is 18.1 Å². The standard InChI is InChI=1S/C11H15NO3/c13-7-8-1-3-9(4-2-8)12-10(14)5-6-11(12)15/h7-9H,1-6H2. The lowest BCUT2D eigenvalue weighted by molar-refractivity contribution is -0.142. The predicted molar refractivity (Wildman–Crippen MR) is 52.9 cm³/mol. The van der Waals surface area contributed by atoms with Crippen molar-refractivity contribution in [2.75, 3.05) is 0 Å². The van der Waals surface area contributed by atoms with Crippen LogP contribution in [0, 0.1) is 5.92 Å². The Morgan fingerprint density at radius 1 is 1.00 bits per heavy atom. The first kappa shape index (κ1) is 10.3. The van der Waals surface area contributed by atoms with Gasteiger partial charge >= 0.3 is 0 Å². The van der Waals surface area contributed by atoms with Crippen LogP contribution in [0.15, 0.2) is 0 Å². The van der Waals surface area contributed by atoms with E-state index in [0.29, 0.717) is 12.8 Å². The van der Waals surface area contributed by atoms with Crippen LogP contribution < -0.4 is 0 Å². The minimum Gasteiger partial charge on any atom is -0.303 e.